The number of carbonyl (C=O) groups is 2. The Bertz CT molecular complexity index is 761. The quantitative estimate of drug-likeness (QED) is 0.259. The van der Waals surface area contributed by atoms with E-state index in [-0.39, 0.29) is 5.82 Å². The zero-order valence-corrected chi connectivity index (χ0v) is 14.6. The monoisotopic (exact) mass is 386 g/mol. The van der Waals surface area contributed by atoms with Gasteiger partial charge in [-0.25, -0.2) is 15.0 Å². The minimum Gasteiger partial charge on any atom is -0.394 e. The summed E-state index contributed by atoms with van der Waals surface area (Å²) in [5.41, 5.74) is 7.61. The number of nitrogens with one attached hydrogen (secondary N) is 3. The third-order valence-electron chi connectivity index (χ3n) is 3.74. The van der Waals surface area contributed by atoms with Crippen LogP contribution in [-0.4, -0.2) is 67.3 Å². The largest absolute Gasteiger partial charge is 0.394 e. The van der Waals surface area contributed by atoms with E-state index in [1.54, 1.807) is 0 Å². The minimum atomic E-state index is -1.45. The Morgan fingerprint density at radius 2 is 2.00 bits per heavy atom. The number of hydrazine groups is 1. The predicted molar refractivity (Wildman–Crippen MR) is 90.1 cm³/mol. The van der Waals surface area contributed by atoms with Gasteiger partial charge in [0.2, 0.25) is 0 Å². The van der Waals surface area contributed by atoms with E-state index in [0.29, 0.717) is 0 Å². The number of carbonyl (C=O) groups excluding carboxylic acids is 2. The molecule has 1 aromatic rings. The molecule has 0 radical (unpaired) electrons. The van der Waals surface area contributed by atoms with Gasteiger partial charge in [0, 0.05) is 6.20 Å². The lowest BCUT2D eigenvalue weighted by atomic mass is 10.1. The van der Waals surface area contributed by atoms with E-state index in [4.69, 9.17) is 15.6 Å². The topological polar surface area (TPSA) is 201 Å². The van der Waals surface area contributed by atoms with Crippen LogP contribution in [0.15, 0.2) is 17.1 Å². The van der Waals surface area contributed by atoms with Crippen molar-refractivity contribution in [2.24, 2.45) is 5.73 Å². The van der Waals surface area contributed by atoms with Crippen molar-refractivity contribution in [3.63, 3.8) is 0 Å². The first-order valence-corrected chi connectivity index (χ1v) is 7.92. The van der Waals surface area contributed by atoms with Crippen molar-refractivity contribution in [2.45, 2.75) is 43.9 Å². The number of anilines is 1. The Hall–Kier alpha value is -2.58. The molecule has 1 aliphatic heterocycles. The molecular weight excluding hydrogens is 364 g/mol. The Morgan fingerprint density at radius 1 is 1.33 bits per heavy atom. The van der Waals surface area contributed by atoms with Crippen molar-refractivity contribution in [3.8, 4) is 0 Å². The molecule has 1 fully saturated rings. The number of aromatic nitrogens is 2. The molecule has 0 unspecified atom stereocenters. The minimum absolute atomic E-state index is 0.137. The van der Waals surface area contributed by atoms with Gasteiger partial charge in [-0.3, -0.25) is 20.1 Å². The molecule has 13 nitrogen and oxygen atoms in total. The highest BCUT2D eigenvalue weighted by molar-refractivity contribution is 5.91. The van der Waals surface area contributed by atoms with Gasteiger partial charge in [-0.05, 0) is 19.9 Å². The SMILES string of the molecule is CC(C)(N)C(=O)NNC(=O)Nc1ccn([C@@H]2O[C@H](CO)[C@@H](O)[C@@H]2O)c(=O)n1. The van der Waals surface area contributed by atoms with Gasteiger partial charge in [-0.2, -0.15) is 4.98 Å². The molecule has 2 heterocycles. The van der Waals surface area contributed by atoms with Crippen molar-refractivity contribution in [1.82, 2.24) is 20.4 Å². The van der Waals surface area contributed by atoms with Crippen LogP contribution in [-0.2, 0) is 9.53 Å². The van der Waals surface area contributed by atoms with Crippen LogP contribution >= 0.6 is 0 Å². The van der Waals surface area contributed by atoms with Crippen LogP contribution < -0.4 is 27.6 Å². The van der Waals surface area contributed by atoms with E-state index in [9.17, 15) is 24.6 Å². The molecule has 0 aromatic carbocycles. The molecular formula is C14H22N6O7. The van der Waals surface area contributed by atoms with E-state index >= 15 is 0 Å². The molecule has 0 saturated carbocycles. The van der Waals surface area contributed by atoms with Crippen LogP contribution in [0.3, 0.4) is 0 Å². The third-order valence-corrected chi connectivity index (χ3v) is 3.74. The van der Waals surface area contributed by atoms with Crippen molar-refractivity contribution < 1.29 is 29.6 Å². The number of nitrogens with two attached hydrogens (primary N) is 1. The number of ether oxygens (including phenoxy) is 1. The molecule has 0 spiro atoms. The third kappa shape index (κ3) is 4.78. The Labute approximate surface area is 153 Å². The van der Waals surface area contributed by atoms with Gasteiger partial charge in [0.15, 0.2) is 6.23 Å². The number of urea groups is 1. The fourth-order valence-corrected chi connectivity index (χ4v) is 2.21. The van der Waals surface area contributed by atoms with Crippen LogP contribution in [0.5, 0.6) is 0 Å². The van der Waals surface area contributed by atoms with Crippen LogP contribution in [0.25, 0.3) is 0 Å². The van der Waals surface area contributed by atoms with Gasteiger partial charge >= 0.3 is 11.7 Å². The fourth-order valence-electron chi connectivity index (χ4n) is 2.21. The smallest absolute Gasteiger partial charge is 0.351 e. The standard InChI is InChI=1S/C14H22N6O7/c1-14(2,15)11(24)18-19-12(25)16-7-3-4-20(13(26)17-7)10-9(23)8(22)6(5-21)27-10/h3-4,6,8-10,21-23H,5,15H2,1-2H3,(H,18,24)(H2,16,17,19,25,26)/t6-,8-,9+,10-/m1/s1. The molecule has 13 heteroatoms. The molecule has 3 amide bonds. The highest BCUT2D eigenvalue weighted by atomic mass is 16.6. The summed E-state index contributed by atoms with van der Waals surface area (Å²) >= 11 is 0. The molecule has 1 saturated heterocycles. The molecule has 150 valence electrons. The lowest BCUT2D eigenvalue weighted by molar-refractivity contribution is -0.125. The zero-order valence-electron chi connectivity index (χ0n) is 14.6. The van der Waals surface area contributed by atoms with E-state index < -0.39 is 54.3 Å². The average molecular weight is 386 g/mol. The highest BCUT2D eigenvalue weighted by Crippen LogP contribution is 2.28. The van der Waals surface area contributed by atoms with Gasteiger partial charge in [0.05, 0.1) is 12.1 Å². The second kappa shape index (κ2) is 7.98. The van der Waals surface area contributed by atoms with E-state index in [1.165, 1.54) is 26.1 Å². The lowest BCUT2D eigenvalue weighted by Gasteiger charge is -2.18. The number of aliphatic hydroxyl groups is 3. The van der Waals surface area contributed by atoms with Gasteiger partial charge < -0.3 is 25.8 Å². The first kappa shape index (κ1) is 20.7. The van der Waals surface area contributed by atoms with Crippen LogP contribution in [0.2, 0.25) is 0 Å². The highest BCUT2D eigenvalue weighted by Gasteiger charge is 2.43. The fraction of sp³-hybridized carbons (Fsp3) is 0.571. The summed E-state index contributed by atoms with van der Waals surface area (Å²) < 4.78 is 6.14. The number of nitrogens with zero attached hydrogens (tertiary/aromatic N) is 2. The Balaban J connectivity index is 2.02. The van der Waals surface area contributed by atoms with Crippen LogP contribution in [0.4, 0.5) is 10.6 Å². The van der Waals surface area contributed by atoms with Crippen molar-refractivity contribution in [2.75, 3.05) is 11.9 Å². The Morgan fingerprint density at radius 3 is 2.52 bits per heavy atom. The summed E-state index contributed by atoms with van der Waals surface area (Å²) in [6.45, 7) is 2.35. The second-order valence-electron chi connectivity index (χ2n) is 6.49. The number of amides is 3. The lowest BCUT2D eigenvalue weighted by Crippen LogP contribution is -2.55. The first-order chi connectivity index (χ1) is 12.5. The van der Waals surface area contributed by atoms with Crippen molar-refractivity contribution in [3.05, 3.63) is 22.7 Å². The number of hydrogen-bond donors (Lipinski definition) is 7. The molecule has 8 N–H and O–H groups in total. The van der Waals surface area contributed by atoms with Gasteiger partial charge in [-0.15, -0.1) is 0 Å². The maximum atomic E-state index is 12.1. The van der Waals surface area contributed by atoms with Crippen molar-refractivity contribution in [1.29, 1.82) is 0 Å². The summed E-state index contributed by atoms with van der Waals surface area (Å²) in [6, 6.07) is 0.370. The molecule has 27 heavy (non-hydrogen) atoms. The van der Waals surface area contributed by atoms with Gasteiger partial charge in [0.1, 0.15) is 24.1 Å². The Kier molecular flexibility index (Phi) is 6.12. The second-order valence-corrected chi connectivity index (χ2v) is 6.49. The molecule has 0 bridgehead atoms. The summed E-state index contributed by atoms with van der Waals surface area (Å²) in [4.78, 5) is 39.0. The number of hydrogen-bond acceptors (Lipinski definition) is 9. The van der Waals surface area contributed by atoms with Crippen molar-refractivity contribution >= 4 is 17.8 Å². The van der Waals surface area contributed by atoms with Gasteiger partial charge in [0.25, 0.3) is 5.91 Å². The van der Waals surface area contributed by atoms with E-state index in [0.717, 1.165) is 4.57 Å². The van der Waals surface area contributed by atoms with Crippen LogP contribution in [0, 0.1) is 0 Å². The molecule has 4 atom stereocenters. The molecule has 2 rings (SSSR count). The summed E-state index contributed by atoms with van der Waals surface area (Å²) in [7, 11) is 0. The predicted octanol–water partition coefficient (Wildman–Crippen LogP) is -3.26. The molecule has 0 aliphatic carbocycles. The molecule has 1 aliphatic rings. The van der Waals surface area contributed by atoms with E-state index in [1.807, 2.05) is 5.43 Å². The normalized spacial score (nSPS) is 25.1. The van der Waals surface area contributed by atoms with Crippen LogP contribution in [0.1, 0.15) is 20.1 Å². The number of aliphatic hydroxyl groups excluding tert-OH is 3. The first-order valence-electron chi connectivity index (χ1n) is 7.92. The molecule has 1 aromatic heterocycles. The van der Waals surface area contributed by atoms with Gasteiger partial charge in [-0.1, -0.05) is 0 Å². The summed E-state index contributed by atoms with van der Waals surface area (Å²) in [5.74, 6) is -0.771. The summed E-state index contributed by atoms with van der Waals surface area (Å²) in [6.07, 6.45) is -3.92. The zero-order chi connectivity index (χ0) is 20.4. The maximum Gasteiger partial charge on any atom is 0.351 e. The summed E-state index contributed by atoms with van der Waals surface area (Å²) in [5, 5.41) is 31.0. The maximum absolute atomic E-state index is 12.1. The van der Waals surface area contributed by atoms with E-state index in [2.05, 4.69) is 15.7 Å². The average Bonchev–Trinajstić information content (AvgIpc) is 2.87. The number of rotatable bonds is 4.